The molecule has 0 aliphatic heterocycles. The Morgan fingerprint density at radius 1 is 1.06 bits per heavy atom. The van der Waals surface area contributed by atoms with Gasteiger partial charge in [-0.2, -0.15) is 0 Å². The molecule has 0 aliphatic carbocycles. The lowest BCUT2D eigenvalue weighted by Gasteiger charge is -2.16. The average molecular weight is 525 g/mol. The minimum absolute atomic E-state index is 0.0504. The molecule has 8 nitrogen and oxygen atoms in total. The number of sulfone groups is 1. The van der Waals surface area contributed by atoms with Gasteiger partial charge in [0.15, 0.2) is 15.7 Å². The fraction of sp³-hybridized carbons (Fsp3) is 0.0800. The van der Waals surface area contributed by atoms with Crippen molar-refractivity contribution in [3.8, 4) is 28.0 Å². The normalized spacial score (nSPS) is 11.6. The molecule has 3 aromatic carbocycles. The van der Waals surface area contributed by atoms with E-state index >= 15 is 0 Å². The number of anilines is 1. The molecule has 5 aromatic rings. The van der Waals surface area contributed by atoms with Gasteiger partial charge in [-0.3, -0.25) is 0 Å². The summed E-state index contributed by atoms with van der Waals surface area (Å²) >= 11 is 6.60. The van der Waals surface area contributed by atoms with E-state index in [9.17, 15) is 12.8 Å². The van der Waals surface area contributed by atoms with Crippen LogP contribution in [0.2, 0.25) is 5.02 Å². The quantitative estimate of drug-likeness (QED) is 0.317. The van der Waals surface area contributed by atoms with Crippen molar-refractivity contribution in [3.63, 3.8) is 0 Å². The van der Waals surface area contributed by atoms with Crippen LogP contribution in [-0.4, -0.2) is 30.9 Å². The summed E-state index contributed by atoms with van der Waals surface area (Å²) in [5.41, 5.74) is 8.97. The van der Waals surface area contributed by atoms with Crippen LogP contribution in [0, 0.1) is 5.82 Å². The molecule has 0 unspecified atom stereocenters. The third kappa shape index (κ3) is 4.36. The lowest BCUT2D eigenvalue weighted by Crippen LogP contribution is -2.06. The number of benzene rings is 3. The second kappa shape index (κ2) is 9.21. The first-order valence-corrected chi connectivity index (χ1v) is 12.6. The molecule has 0 saturated heterocycles. The Kier molecular flexibility index (Phi) is 6.07. The smallest absolute Gasteiger partial charge is 0.184 e. The van der Waals surface area contributed by atoms with Crippen molar-refractivity contribution in [1.82, 2.24) is 15.4 Å². The van der Waals surface area contributed by atoms with Crippen LogP contribution in [0.5, 0.6) is 5.75 Å². The topological polar surface area (TPSA) is 121 Å². The van der Waals surface area contributed by atoms with Crippen LogP contribution < -0.4 is 10.5 Å². The molecule has 0 atom stereocenters. The van der Waals surface area contributed by atoms with E-state index in [2.05, 4.69) is 15.4 Å². The number of ether oxygens (including phenoxy) is 1. The van der Waals surface area contributed by atoms with Crippen molar-refractivity contribution in [2.75, 3.05) is 12.8 Å². The van der Waals surface area contributed by atoms with Gasteiger partial charge in [0.25, 0.3) is 0 Å². The number of nitrogens with zero attached hydrogens (tertiary/aromatic N) is 3. The van der Waals surface area contributed by atoms with Gasteiger partial charge in [-0.25, -0.2) is 12.8 Å². The Bertz CT molecular complexity index is 1710. The maximum Gasteiger partial charge on any atom is 0.184 e. The Hall–Kier alpha value is -4.02. The van der Waals surface area contributed by atoms with Crippen molar-refractivity contribution >= 4 is 38.2 Å². The first-order valence-electron chi connectivity index (χ1n) is 10.6. The highest BCUT2D eigenvalue weighted by Crippen LogP contribution is 2.43. The number of nitrogen functional groups attached to an aromatic ring is 1. The van der Waals surface area contributed by atoms with Crippen molar-refractivity contribution in [2.24, 2.45) is 0 Å². The van der Waals surface area contributed by atoms with Gasteiger partial charge in [0.1, 0.15) is 23.6 Å². The Morgan fingerprint density at radius 3 is 2.61 bits per heavy atom. The molecule has 0 saturated carbocycles. The standard InChI is InChI=1S/C25H18ClFN4O4S/c1-34-23-12-19(14-3-2-4-15(27)9-14)21(26)11-20(23)24-18-6-5-17(10-22(18)29-30-25(24)28)36(32,33)13-16-7-8-35-31-16/h2-12H,13H2,1H3,(H2,28,30). The van der Waals surface area contributed by atoms with Crippen molar-refractivity contribution in [2.45, 2.75) is 10.6 Å². The highest BCUT2D eigenvalue weighted by atomic mass is 35.5. The van der Waals surface area contributed by atoms with E-state index in [0.717, 1.165) is 0 Å². The number of rotatable bonds is 6. The van der Waals surface area contributed by atoms with E-state index in [4.69, 9.17) is 26.6 Å². The Balaban J connectivity index is 1.64. The molecule has 0 bridgehead atoms. The number of hydrogen-bond donors (Lipinski definition) is 1. The average Bonchev–Trinajstić information content (AvgIpc) is 3.36. The lowest BCUT2D eigenvalue weighted by atomic mass is 9.97. The lowest BCUT2D eigenvalue weighted by molar-refractivity contribution is 0.413. The van der Waals surface area contributed by atoms with Crippen LogP contribution in [-0.2, 0) is 15.6 Å². The summed E-state index contributed by atoms with van der Waals surface area (Å²) in [6.45, 7) is 0. The minimum atomic E-state index is -3.72. The number of fused-ring (bicyclic) bond motifs is 1. The first-order chi connectivity index (χ1) is 17.3. The van der Waals surface area contributed by atoms with Crippen LogP contribution in [0.1, 0.15) is 5.69 Å². The minimum Gasteiger partial charge on any atom is -0.496 e. The number of halogens is 2. The van der Waals surface area contributed by atoms with Gasteiger partial charge in [0.05, 0.1) is 23.2 Å². The predicted octanol–water partition coefficient (Wildman–Crippen LogP) is 5.31. The summed E-state index contributed by atoms with van der Waals surface area (Å²) in [5, 5.41) is 12.7. The van der Waals surface area contributed by atoms with Gasteiger partial charge in [-0.05, 0) is 42.0 Å². The number of methoxy groups -OCH3 is 1. The molecule has 2 N–H and O–H groups in total. The zero-order chi connectivity index (χ0) is 25.4. The van der Waals surface area contributed by atoms with Crippen LogP contribution in [0.15, 0.2) is 76.3 Å². The third-order valence-electron chi connectivity index (χ3n) is 5.64. The van der Waals surface area contributed by atoms with Crippen molar-refractivity contribution in [1.29, 1.82) is 0 Å². The zero-order valence-corrected chi connectivity index (χ0v) is 20.3. The monoisotopic (exact) mass is 524 g/mol. The summed E-state index contributed by atoms with van der Waals surface area (Å²) in [4.78, 5) is 0.0504. The third-order valence-corrected chi connectivity index (χ3v) is 7.60. The fourth-order valence-corrected chi connectivity index (χ4v) is 5.51. The SMILES string of the molecule is COc1cc(-c2cccc(F)c2)c(Cl)cc1-c1c(N)nnc2cc(S(=O)(=O)Cc3ccon3)ccc12. The Morgan fingerprint density at radius 2 is 1.89 bits per heavy atom. The highest BCUT2D eigenvalue weighted by molar-refractivity contribution is 7.90. The second-order valence-electron chi connectivity index (χ2n) is 7.93. The molecule has 0 spiro atoms. The van der Waals surface area contributed by atoms with E-state index in [1.807, 2.05) is 0 Å². The van der Waals surface area contributed by atoms with Crippen LogP contribution >= 0.6 is 11.6 Å². The molecule has 0 aliphatic rings. The molecule has 36 heavy (non-hydrogen) atoms. The van der Waals surface area contributed by atoms with Gasteiger partial charge in [0.2, 0.25) is 0 Å². The number of aromatic nitrogens is 3. The fourth-order valence-electron chi connectivity index (χ4n) is 3.96. The van der Waals surface area contributed by atoms with Gasteiger partial charge < -0.3 is 15.0 Å². The van der Waals surface area contributed by atoms with Crippen molar-refractivity contribution in [3.05, 3.63) is 83.5 Å². The molecule has 182 valence electrons. The van der Waals surface area contributed by atoms with E-state index in [0.29, 0.717) is 43.9 Å². The second-order valence-corrected chi connectivity index (χ2v) is 10.3. The summed E-state index contributed by atoms with van der Waals surface area (Å²) in [5.74, 6) is -0.194. The molecular weight excluding hydrogens is 507 g/mol. The molecule has 2 aromatic heterocycles. The van der Waals surface area contributed by atoms with E-state index < -0.39 is 15.7 Å². The van der Waals surface area contributed by atoms with E-state index in [1.54, 1.807) is 30.3 Å². The van der Waals surface area contributed by atoms with Crippen LogP contribution in [0.4, 0.5) is 10.2 Å². The maximum atomic E-state index is 13.8. The van der Waals surface area contributed by atoms with Gasteiger partial charge in [-0.15, -0.1) is 10.2 Å². The predicted molar refractivity (Wildman–Crippen MR) is 134 cm³/mol. The zero-order valence-electron chi connectivity index (χ0n) is 18.8. The van der Waals surface area contributed by atoms with E-state index in [1.165, 1.54) is 43.7 Å². The molecule has 2 heterocycles. The summed E-state index contributed by atoms with van der Waals surface area (Å²) < 4.78 is 49.9. The largest absolute Gasteiger partial charge is 0.496 e. The highest BCUT2D eigenvalue weighted by Gasteiger charge is 2.22. The van der Waals surface area contributed by atoms with Crippen LogP contribution in [0.25, 0.3) is 33.2 Å². The first kappa shape index (κ1) is 23.7. The van der Waals surface area contributed by atoms with Gasteiger partial charge in [-0.1, -0.05) is 35.0 Å². The molecule has 0 fully saturated rings. The molecule has 11 heteroatoms. The number of nitrogens with two attached hydrogens (primary N) is 1. The summed E-state index contributed by atoms with van der Waals surface area (Å²) in [6.07, 6.45) is 1.31. The van der Waals surface area contributed by atoms with E-state index in [-0.39, 0.29) is 22.2 Å². The van der Waals surface area contributed by atoms with Gasteiger partial charge in [0, 0.05) is 33.2 Å². The summed E-state index contributed by atoms with van der Waals surface area (Å²) in [6, 6.07) is 15.4. The van der Waals surface area contributed by atoms with Gasteiger partial charge >= 0.3 is 0 Å². The van der Waals surface area contributed by atoms with Crippen molar-refractivity contribution < 1.29 is 22.1 Å². The summed E-state index contributed by atoms with van der Waals surface area (Å²) in [7, 11) is -2.23. The Labute approximate surface area is 210 Å². The van der Waals surface area contributed by atoms with Crippen LogP contribution in [0.3, 0.4) is 0 Å². The molecule has 0 amide bonds. The maximum absolute atomic E-state index is 13.8. The molecule has 5 rings (SSSR count). The number of hydrogen-bond acceptors (Lipinski definition) is 8. The molecule has 0 radical (unpaired) electrons. The molecular formula is C25H18ClFN4O4S.